The van der Waals surface area contributed by atoms with Crippen LogP contribution in [0.2, 0.25) is 0 Å². The number of para-hydroxylation sites is 2. The van der Waals surface area contributed by atoms with E-state index in [9.17, 15) is 20.2 Å². The van der Waals surface area contributed by atoms with E-state index in [-0.39, 0.29) is 16.9 Å². The second-order valence-electron chi connectivity index (χ2n) is 13.1. The molecular formula is C44H44N10O4. The molecule has 4 aromatic heterocycles. The van der Waals surface area contributed by atoms with Crippen LogP contribution in [0.15, 0.2) is 90.4 Å². The second kappa shape index (κ2) is 18.0. The summed E-state index contributed by atoms with van der Waals surface area (Å²) in [5.41, 5.74) is 4.94. The number of H-pyrrole nitrogens is 2. The van der Waals surface area contributed by atoms with Gasteiger partial charge in [-0.2, -0.15) is 10.5 Å². The van der Waals surface area contributed by atoms with E-state index in [2.05, 4.69) is 80.1 Å². The number of fused-ring (bicyclic) bond motifs is 1. The Kier molecular flexibility index (Phi) is 12.5. The molecule has 58 heavy (non-hydrogen) atoms. The van der Waals surface area contributed by atoms with Gasteiger partial charge in [0.25, 0.3) is 0 Å². The first-order valence-corrected chi connectivity index (χ1v) is 19.1. The highest BCUT2D eigenvalue weighted by molar-refractivity contribution is 6.08. The molecule has 0 radical (unpaired) electrons. The van der Waals surface area contributed by atoms with Gasteiger partial charge in [-0.3, -0.25) is 9.97 Å². The Morgan fingerprint density at radius 2 is 1.21 bits per heavy atom. The monoisotopic (exact) mass is 776 g/mol. The summed E-state index contributed by atoms with van der Waals surface area (Å²) in [4.78, 5) is 45.0. The molecule has 14 nitrogen and oxygen atoms in total. The number of carbonyl (C=O) groups is 1. The van der Waals surface area contributed by atoms with Gasteiger partial charge in [-0.05, 0) is 88.3 Å². The number of aromatic amines is 2. The van der Waals surface area contributed by atoms with Crippen molar-refractivity contribution in [3.63, 3.8) is 0 Å². The highest BCUT2D eigenvalue weighted by atomic mass is 16.6. The molecule has 6 rings (SSSR count). The molecule has 3 N–H and O–H groups in total. The Bertz CT molecular complexity index is 2600. The van der Waals surface area contributed by atoms with Crippen LogP contribution >= 0.6 is 0 Å². The summed E-state index contributed by atoms with van der Waals surface area (Å²) in [7, 11) is 1.47. The van der Waals surface area contributed by atoms with E-state index in [0.29, 0.717) is 61.1 Å². The van der Waals surface area contributed by atoms with Crippen molar-refractivity contribution in [1.29, 1.82) is 10.5 Å². The average Bonchev–Trinajstić information content (AvgIpc) is 3.82. The number of hydrogen-bond acceptors (Lipinski definition) is 11. The molecule has 6 aromatic rings. The van der Waals surface area contributed by atoms with Crippen molar-refractivity contribution < 1.29 is 14.3 Å². The summed E-state index contributed by atoms with van der Waals surface area (Å²) in [6.07, 6.45) is 1.63. The maximum Gasteiger partial charge on any atom is 0.412 e. The third kappa shape index (κ3) is 7.81. The number of hydrogen-bond donors (Lipinski definition) is 3. The van der Waals surface area contributed by atoms with Crippen molar-refractivity contribution in [3.05, 3.63) is 112 Å². The molecule has 1 amide bonds. The van der Waals surface area contributed by atoms with Crippen LogP contribution in [0.5, 0.6) is 11.5 Å². The molecule has 0 aliphatic heterocycles. The summed E-state index contributed by atoms with van der Waals surface area (Å²) in [5.74, 6) is 0.557. The van der Waals surface area contributed by atoms with Crippen LogP contribution in [0.1, 0.15) is 46.0 Å². The number of amides is 1. The number of nitroso groups, excluding NO2 is 1. The maximum absolute atomic E-state index is 12.7. The van der Waals surface area contributed by atoms with Crippen LogP contribution in [0.3, 0.4) is 0 Å². The van der Waals surface area contributed by atoms with Gasteiger partial charge in [0.1, 0.15) is 34.8 Å². The number of rotatable bonds is 14. The van der Waals surface area contributed by atoms with Gasteiger partial charge in [0.2, 0.25) is 6.23 Å². The molecule has 0 aliphatic rings. The number of benzene rings is 2. The minimum atomic E-state index is -1.03. The SMILES string of the molecule is CCN(CC)c1ccnc(/C(C#N)=c2\[nH]c(-c3ccccc3OC(C)N=O)c3/c(=C(\C#N)c4cc(N(CC)CC)ccn4)[nH]c(-c4ccccc4OC(=O)NC)c23)c1. The third-order valence-corrected chi connectivity index (χ3v) is 9.90. The summed E-state index contributed by atoms with van der Waals surface area (Å²) >= 11 is 0. The van der Waals surface area contributed by atoms with Gasteiger partial charge in [-0.15, -0.1) is 4.91 Å². The zero-order chi connectivity index (χ0) is 41.3. The van der Waals surface area contributed by atoms with Crippen molar-refractivity contribution in [3.8, 4) is 46.2 Å². The summed E-state index contributed by atoms with van der Waals surface area (Å²) in [5, 5.41) is 29.5. The number of nitrogens with one attached hydrogen (secondary N) is 3. The first-order chi connectivity index (χ1) is 28.2. The molecule has 2 aromatic carbocycles. The van der Waals surface area contributed by atoms with Gasteiger partial charge in [-0.1, -0.05) is 24.3 Å². The normalized spacial score (nSPS) is 12.5. The molecule has 14 heteroatoms. The van der Waals surface area contributed by atoms with Gasteiger partial charge in [0.05, 0.1) is 33.5 Å². The van der Waals surface area contributed by atoms with E-state index in [1.807, 2.05) is 36.4 Å². The first kappa shape index (κ1) is 40.2. The number of pyridine rings is 2. The van der Waals surface area contributed by atoms with E-state index in [1.165, 1.54) is 14.0 Å². The molecule has 0 saturated heterocycles. The molecule has 0 spiro atoms. The topological polar surface area (TPSA) is 188 Å². The van der Waals surface area contributed by atoms with E-state index < -0.39 is 12.3 Å². The van der Waals surface area contributed by atoms with Gasteiger partial charge in [-0.25, -0.2) is 4.79 Å². The fraction of sp³-hybridized carbons (Fsp3) is 0.250. The predicted octanol–water partition coefficient (Wildman–Crippen LogP) is 6.97. The molecule has 1 unspecified atom stereocenters. The van der Waals surface area contributed by atoms with Crippen LogP contribution < -0.4 is 35.3 Å². The predicted molar refractivity (Wildman–Crippen MR) is 226 cm³/mol. The Hall–Kier alpha value is -7.45. The Morgan fingerprint density at radius 1 is 0.759 bits per heavy atom. The lowest BCUT2D eigenvalue weighted by atomic mass is 10.0. The van der Waals surface area contributed by atoms with E-state index in [1.54, 1.807) is 48.8 Å². The fourth-order valence-electron chi connectivity index (χ4n) is 7.09. The van der Waals surface area contributed by atoms with E-state index >= 15 is 0 Å². The van der Waals surface area contributed by atoms with Crippen LogP contribution in [-0.2, 0) is 0 Å². The Balaban J connectivity index is 1.88. The summed E-state index contributed by atoms with van der Waals surface area (Å²) in [6, 6.07) is 26.5. The molecule has 0 saturated carbocycles. The van der Waals surface area contributed by atoms with Crippen molar-refractivity contribution >= 4 is 39.4 Å². The number of aromatic nitrogens is 4. The second-order valence-corrected chi connectivity index (χ2v) is 13.1. The smallest absolute Gasteiger partial charge is 0.412 e. The quantitative estimate of drug-likeness (QED) is 0.0975. The number of carbonyl (C=O) groups excluding carboxylic acids is 1. The molecule has 4 heterocycles. The van der Waals surface area contributed by atoms with Crippen LogP contribution in [0, 0.1) is 27.6 Å². The zero-order valence-electron chi connectivity index (χ0n) is 33.3. The molecule has 1 atom stereocenters. The lowest BCUT2D eigenvalue weighted by Gasteiger charge is -2.21. The number of anilines is 2. The lowest BCUT2D eigenvalue weighted by molar-refractivity contribution is 0.203. The van der Waals surface area contributed by atoms with Crippen molar-refractivity contribution in [2.45, 2.75) is 40.8 Å². The molecular weight excluding hydrogens is 733 g/mol. The standard InChI is InChI=1S/C44H44N10O4/c1-7-53(8-2)28-19-21-48-34(23-28)32(25-45)42-38-39(41(51-42)31-16-12-14-18-37(31)58-44(55)47-6)43(33(26-46)35-24-29(20-22-49-35)54(9-3)10-4)50-40(38)30-15-11-13-17-36(30)57-27(5)52-56/h11-24,27,50-51H,7-10H2,1-6H3,(H,47,55)/b42-32-,43-33-. The number of ether oxygens (including phenoxy) is 2. The van der Waals surface area contributed by atoms with Gasteiger partial charge in [0, 0.05) is 78.9 Å². The minimum absolute atomic E-state index is 0.211. The Labute approximate surface area is 336 Å². The van der Waals surface area contributed by atoms with Gasteiger partial charge in [0.15, 0.2) is 0 Å². The van der Waals surface area contributed by atoms with Crippen LogP contribution in [0.25, 0.3) is 44.4 Å². The summed E-state index contributed by atoms with van der Waals surface area (Å²) < 4.78 is 11.8. The highest BCUT2D eigenvalue weighted by Gasteiger charge is 2.26. The lowest BCUT2D eigenvalue weighted by Crippen LogP contribution is -2.22. The van der Waals surface area contributed by atoms with Crippen molar-refractivity contribution in [2.24, 2.45) is 5.18 Å². The van der Waals surface area contributed by atoms with Crippen molar-refractivity contribution in [2.75, 3.05) is 43.0 Å². The third-order valence-electron chi connectivity index (χ3n) is 9.90. The molecule has 0 aliphatic carbocycles. The van der Waals surface area contributed by atoms with E-state index in [0.717, 1.165) is 37.6 Å². The van der Waals surface area contributed by atoms with Gasteiger partial charge < -0.3 is 34.6 Å². The zero-order valence-corrected chi connectivity index (χ0v) is 33.3. The van der Waals surface area contributed by atoms with Crippen LogP contribution in [-0.4, -0.2) is 65.5 Å². The van der Waals surface area contributed by atoms with Crippen LogP contribution in [0.4, 0.5) is 16.2 Å². The number of nitriles is 2. The van der Waals surface area contributed by atoms with Crippen molar-refractivity contribution in [1.82, 2.24) is 25.3 Å². The molecule has 294 valence electrons. The first-order valence-electron chi connectivity index (χ1n) is 19.1. The Morgan fingerprint density at radius 3 is 1.64 bits per heavy atom. The van der Waals surface area contributed by atoms with E-state index in [4.69, 9.17) is 9.47 Å². The highest BCUT2D eigenvalue weighted by Crippen LogP contribution is 2.39. The summed E-state index contributed by atoms with van der Waals surface area (Å²) in [6.45, 7) is 12.7. The largest absolute Gasteiger partial charge is 0.465 e. The fourth-order valence-corrected chi connectivity index (χ4v) is 7.09. The number of nitrogens with zero attached hydrogens (tertiary/aromatic N) is 7. The minimum Gasteiger partial charge on any atom is -0.465 e. The maximum atomic E-state index is 12.7. The van der Waals surface area contributed by atoms with Gasteiger partial charge >= 0.3 is 6.09 Å². The average molecular weight is 777 g/mol. The molecule has 0 fully saturated rings. The molecule has 0 bridgehead atoms.